The van der Waals surface area contributed by atoms with Gasteiger partial charge in [0, 0.05) is 40.0 Å². The Kier molecular flexibility index (Phi) is 6.34. The molecule has 158 valence electrons. The number of hydrogen-bond donors (Lipinski definition) is 1. The predicted octanol–water partition coefficient (Wildman–Crippen LogP) is 5.46. The molecular formula is C23H20ClN3O3S. The minimum absolute atomic E-state index is 0.0960. The molecule has 0 unspecified atom stereocenters. The number of nitrogens with zero attached hydrogens (tertiary/aromatic N) is 2. The van der Waals surface area contributed by atoms with Gasteiger partial charge in [0.25, 0.3) is 0 Å². The van der Waals surface area contributed by atoms with Gasteiger partial charge in [-0.1, -0.05) is 23.7 Å². The van der Waals surface area contributed by atoms with Crippen LogP contribution in [0.25, 0.3) is 16.2 Å². The third kappa shape index (κ3) is 4.95. The molecule has 2 aromatic heterocycles. The molecule has 0 spiro atoms. The Morgan fingerprint density at radius 3 is 2.58 bits per heavy atom. The molecule has 1 amide bonds. The minimum atomic E-state index is -0.375. The summed E-state index contributed by atoms with van der Waals surface area (Å²) in [5.41, 5.74) is 3.99. The van der Waals surface area contributed by atoms with E-state index in [1.54, 1.807) is 42.5 Å². The van der Waals surface area contributed by atoms with Gasteiger partial charge in [-0.2, -0.15) is 0 Å². The van der Waals surface area contributed by atoms with Crippen molar-refractivity contribution in [1.29, 1.82) is 0 Å². The van der Waals surface area contributed by atoms with Gasteiger partial charge in [0.05, 0.1) is 17.9 Å². The van der Waals surface area contributed by atoms with Gasteiger partial charge in [-0.3, -0.25) is 9.20 Å². The number of imidazole rings is 1. The molecule has 2 heterocycles. The molecule has 8 heteroatoms. The smallest absolute Gasteiger partial charge is 0.338 e. The Bertz CT molecular complexity index is 1210. The number of fused-ring (bicyclic) bond motifs is 1. The Morgan fingerprint density at radius 2 is 1.87 bits per heavy atom. The zero-order valence-electron chi connectivity index (χ0n) is 16.8. The first-order chi connectivity index (χ1) is 15.0. The van der Waals surface area contributed by atoms with Crippen LogP contribution in [0.4, 0.5) is 5.69 Å². The Morgan fingerprint density at radius 1 is 1.13 bits per heavy atom. The molecule has 0 saturated heterocycles. The van der Waals surface area contributed by atoms with Crippen LogP contribution >= 0.6 is 22.9 Å². The van der Waals surface area contributed by atoms with E-state index in [0.29, 0.717) is 35.7 Å². The third-order valence-electron chi connectivity index (χ3n) is 4.71. The molecule has 0 aliphatic rings. The molecule has 0 fully saturated rings. The second-order valence-electron chi connectivity index (χ2n) is 6.86. The molecule has 0 aliphatic heterocycles. The highest BCUT2D eigenvalue weighted by molar-refractivity contribution is 7.15. The molecule has 0 bridgehead atoms. The lowest BCUT2D eigenvalue weighted by molar-refractivity contribution is -0.116. The van der Waals surface area contributed by atoms with E-state index in [2.05, 4.69) is 10.3 Å². The maximum atomic E-state index is 12.4. The van der Waals surface area contributed by atoms with Crippen molar-refractivity contribution in [2.45, 2.75) is 19.8 Å². The van der Waals surface area contributed by atoms with Crippen molar-refractivity contribution >= 4 is 45.5 Å². The quantitative estimate of drug-likeness (QED) is 0.377. The number of amides is 1. The summed E-state index contributed by atoms with van der Waals surface area (Å²) in [5.74, 6) is -0.471. The number of rotatable bonds is 7. The van der Waals surface area contributed by atoms with E-state index in [-0.39, 0.29) is 11.9 Å². The van der Waals surface area contributed by atoms with E-state index in [1.807, 2.05) is 40.2 Å². The van der Waals surface area contributed by atoms with Crippen LogP contribution in [-0.4, -0.2) is 27.9 Å². The SMILES string of the molecule is CCOC(=O)c1ccc(NC(=O)CCc2csc3nc(-c4ccc(Cl)cc4)cn23)cc1. The maximum Gasteiger partial charge on any atom is 0.338 e. The van der Waals surface area contributed by atoms with Crippen molar-refractivity contribution in [3.8, 4) is 11.3 Å². The molecule has 0 atom stereocenters. The first-order valence-corrected chi connectivity index (χ1v) is 11.1. The van der Waals surface area contributed by atoms with E-state index >= 15 is 0 Å². The maximum absolute atomic E-state index is 12.4. The Hall–Kier alpha value is -3.16. The Balaban J connectivity index is 1.38. The molecule has 0 saturated carbocycles. The number of halogens is 1. The molecule has 6 nitrogen and oxygen atoms in total. The number of thiazole rings is 1. The van der Waals surface area contributed by atoms with Crippen molar-refractivity contribution < 1.29 is 14.3 Å². The summed E-state index contributed by atoms with van der Waals surface area (Å²) in [4.78, 5) is 29.6. The predicted molar refractivity (Wildman–Crippen MR) is 123 cm³/mol. The van der Waals surface area contributed by atoms with Crippen molar-refractivity contribution in [2.24, 2.45) is 0 Å². The number of nitrogens with one attached hydrogen (secondary N) is 1. The average molecular weight is 454 g/mol. The molecular weight excluding hydrogens is 434 g/mol. The standard InChI is InChI=1S/C23H20ClN3O3S/c1-2-30-22(29)16-5-9-18(10-6-16)25-21(28)12-11-19-14-31-23-26-20(13-27(19)23)15-3-7-17(24)8-4-15/h3-10,13-14H,2,11-12H2,1H3,(H,25,28). The summed E-state index contributed by atoms with van der Waals surface area (Å²) in [6.07, 6.45) is 2.90. The number of benzene rings is 2. The van der Waals surface area contributed by atoms with Gasteiger partial charge in [0.15, 0.2) is 4.96 Å². The number of ether oxygens (including phenoxy) is 1. The normalized spacial score (nSPS) is 10.9. The van der Waals surface area contributed by atoms with Crippen LogP contribution in [0.3, 0.4) is 0 Å². The monoisotopic (exact) mass is 453 g/mol. The molecule has 2 aromatic carbocycles. The van der Waals surface area contributed by atoms with Crippen LogP contribution in [0.5, 0.6) is 0 Å². The largest absolute Gasteiger partial charge is 0.462 e. The van der Waals surface area contributed by atoms with Crippen LogP contribution in [0.15, 0.2) is 60.1 Å². The lowest BCUT2D eigenvalue weighted by atomic mass is 10.2. The minimum Gasteiger partial charge on any atom is -0.462 e. The highest BCUT2D eigenvalue weighted by Crippen LogP contribution is 2.25. The second kappa shape index (κ2) is 9.32. The third-order valence-corrected chi connectivity index (χ3v) is 5.85. The number of aromatic nitrogens is 2. The van der Waals surface area contributed by atoms with E-state index < -0.39 is 0 Å². The fourth-order valence-corrected chi connectivity index (χ4v) is 4.17. The van der Waals surface area contributed by atoms with Gasteiger partial charge in [-0.25, -0.2) is 9.78 Å². The fourth-order valence-electron chi connectivity index (χ4n) is 3.14. The number of carbonyl (C=O) groups is 2. The lowest BCUT2D eigenvalue weighted by Gasteiger charge is -2.06. The fraction of sp³-hybridized carbons (Fsp3) is 0.174. The van der Waals surface area contributed by atoms with Crippen molar-refractivity contribution in [3.05, 3.63) is 76.4 Å². The zero-order valence-corrected chi connectivity index (χ0v) is 18.4. The molecule has 31 heavy (non-hydrogen) atoms. The van der Waals surface area contributed by atoms with E-state index in [4.69, 9.17) is 16.3 Å². The van der Waals surface area contributed by atoms with Crippen molar-refractivity contribution in [3.63, 3.8) is 0 Å². The van der Waals surface area contributed by atoms with Gasteiger partial charge >= 0.3 is 5.97 Å². The topological polar surface area (TPSA) is 72.7 Å². The summed E-state index contributed by atoms with van der Waals surface area (Å²) in [7, 11) is 0. The van der Waals surface area contributed by atoms with Gasteiger partial charge in [-0.05, 0) is 49.7 Å². The number of esters is 1. The van der Waals surface area contributed by atoms with Crippen LogP contribution in [0.2, 0.25) is 5.02 Å². The molecule has 4 rings (SSSR count). The van der Waals surface area contributed by atoms with Crippen LogP contribution in [0.1, 0.15) is 29.4 Å². The van der Waals surface area contributed by atoms with E-state index in [1.165, 1.54) is 0 Å². The number of anilines is 1. The molecule has 0 radical (unpaired) electrons. The average Bonchev–Trinajstić information content (AvgIpc) is 3.35. The van der Waals surface area contributed by atoms with Crippen LogP contribution in [-0.2, 0) is 16.0 Å². The number of hydrogen-bond acceptors (Lipinski definition) is 5. The Labute approximate surface area is 188 Å². The van der Waals surface area contributed by atoms with Crippen LogP contribution < -0.4 is 5.32 Å². The zero-order chi connectivity index (χ0) is 21.8. The summed E-state index contributed by atoms with van der Waals surface area (Å²) in [6.45, 7) is 2.08. The summed E-state index contributed by atoms with van der Waals surface area (Å²) in [6, 6.07) is 14.2. The number of aryl methyl sites for hydroxylation is 1. The first-order valence-electron chi connectivity index (χ1n) is 9.82. The number of carbonyl (C=O) groups excluding carboxylic acids is 2. The first kappa shape index (κ1) is 21.1. The van der Waals surface area contributed by atoms with E-state index in [9.17, 15) is 9.59 Å². The molecule has 0 aliphatic carbocycles. The van der Waals surface area contributed by atoms with Crippen LogP contribution in [0, 0.1) is 0 Å². The van der Waals surface area contributed by atoms with Gasteiger partial charge in [0.2, 0.25) is 5.91 Å². The van der Waals surface area contributed by atoms with Gasteiger partial charge < -0.3 is 10.1 Å². The van der Waals surface area contributed by atoms with Gasteiger partial charge in [0.1, 0.15) is 0 Å². The molecule has 1 N–H and O–H groups in total. The summed E-state index contributed by atoms with van der Waals surface area (Å²) >= 11 is 7.51. The van der Waals surface area contributed by atoms with Crippen molar-refractivity contribution in [2.75, 3.05) is 11.9 Å². The van der Waals surface area contributed by atoms with Gasteiger partial charge in [-0.15, -0.1) is 11.3 Å². The lowest BCUT2D eigenvalue weighted by Crippen LogP contribution is -2.13. The highest BCUT2D eigenvalue weighted by Gasteiger charge is 2.12. The second-order valence-corrected chi connectivity index (χ2v) is 8.13. The van der Waals surface area contributed by atoms with Crippen molar-refractivity contribution in [1.82, 2.24) is 9.38 Å². The van der Waals surface area contributed by atoms with E-state index in [0.717, 1.165) is 21.9 Å². The summed E-state index contributed by atoms with van der Waals surface area (Å²) < 4.78 is 6.98. The highest BCUT2D eigenvalue weighted by atomic mass is 35.5. The summed E-state index contributed by atoms with van der Waals surface area (Å²) in [5, 5.41) is 5.57. The molecule has 4 aromatic rings.